The Morgan fingerprint density at radius 3 is 2.79 bits per heavy atom. The van der Waals surface area contributed by atoms with Gasteiger partial charge in [-0.05, 0) is 69.6 Å². The molecule has 33 heavy (non-hydrogen) atoms. The number of nitrogens with zero attached hydrogens (tertiary/aromatic N) is 2. The predicted octanol–water partition coefficient (Wildman–Crippen LogP) is 3.64. The highest BCUT2D eigenvalue weighted by Gasteiger charge is 2.53. The monoisotopic (exact) mass is 449 g/mol. The Labute approximate surface area is 194 Å². The van der Waals surface area contributed by atoms with Gasteiger partial charge in [-0.2, -0.15) is 0 Å². The van der Waals surface area contributed by atoms with Crippen LogP contribution in [0.3, 0.4) is 0 Å². The largest absolute Gasteiger partial charge is 0.376 e. The topological polar surface area (TPSA) is 80.6 Å². The van der Waals surface area contributed by atoms with Gasteiger partial charge in [-0.3, -0.25) is 14.5 Å². The maximum absolute atomic E-state index is 13.6. The minimum atomic E-state index is -1.07. The van der Waals surface area contributed by atoms with Crippen molar-refractivity contribution in [3.63, 3.8) is 0 Å². The fourth-order valence-electron chi connectivity index (χ4n) is 5.70. The summed E-state index contributed by atoms with van der Waals surface area (Å²) in [5.41, 5.74) is 3.29. The summed E-state index contributed by atoms with van der Waals surface area (Å²) in [6, 6.07) is 9.20. The fraction of sp³-hybridized carbons (Fsp3) is 0.500. The van der Waals surface area contributed by atoms with Gasteiger partial charge >= 0.3 is 6.03 Å². The lowest BCUT2D eigenvalue weighted by molar-refractivity contribution is -0.131. The van der Waals surface area contributed by atoms with Crippen LogP contribution in [0.5, 0.6) is 0 Å². The van der Waals surface area contributed by atoms with Crippen molar-refractivity contribution in [2.45, 2.75) is 70.6 Å². The van der Waals surface area contributed by atoms with E-state index in [4.69, 9.17) is 4.74 Å². The van der Waals surface area contributed by atoms with Gasteiger partial charge in [0.05, 0.1) is 12.6 Å². The number of imide groups is 1. The third-order valence-electron chi connectivity index (χ3n) is 7.49. The van der Waals surface area contributed by atoms with Gasteiger partial charge in [0.1, 0.15) is 5.54 Å². The first-order chi connectivity index (χ1) is 15.9. The third kappa shape index (κ3) is 3.68. The minimum absolute atomic E-state index is 0.166. The van der Waals surface area contributed by atoms with E-state index < -0.39 is 11.6 Å². The number of Topliss-reactive ketones (excluding diaryl/α,β-unsaturated/α-hetero) is 1. The summed E-state index contributed by atoms with van der Waals surface area (Å²) < 4.78 is 7.87. The van der Waals surface area contributed by atoms with Crippen molar-refractivity contribution in [2.24, 2.45) is 0 Å². The Morgan fingerprint density at radius 2 is 2.00 bits per heavy atom. The SMILES string of the molecule is Cc1cc(C(=O)CN2C(=O)N[C@@]3(CCCCc4ccccc43)C2=O)c(C)n1C[C@@H]1CCCO1. The van der Waals surface area contributed by atoms with Crippen LogP contribution in [0.2, 0.25) is 0 Å². The number of urea groups is 1. The zero-order chi connectivity index (χ0) is 23.2. The van der Waals surface area contributed by atoms with Crippen LogP contribution in [-0.2, 0) is 28.0 Å². The molecule has 2 atom stereocenters. The minimum Gasteiger partial charge on any atom is -0.376 e. The van der Waals surface area contributed by atoms with Crippen molar-refractivity contribution in [2.75, 3.05) is 13.2 Å². The number of fused-ring (bicyclic) bond motifs is 2. The molecule has 3 heterocycles. The number of ether oxygens (including phenoxy) is 1. The molecule has 5 rings (SSSR count). The number of aryl methyl sites for hydroxylation is 2. The second-order valence-corrected chi connectivity index (χ2v) is 9.54. The molecule has 0 bridgehead atoms. The van der Waals surface area contributed by atoms with Crippen LogP contribution in [0.25, 0.3) is 0 Å². The van der Waals surface area contributed by atoms with Crippen LogP contribution in [-0.4, -0.2) is 46.4 Å². The summed E-state index contributed by atoms with van der Waals surface area (Å²) in [6.07, 6.45) is 5.49. The van der Waals surface area contributed by atoms with E-state index in [1.54, 1.807) is 0 Å². The van der Waals surface area contributed by atoms with E-state index in [2.05, 4.69) is 9.88 Å². The van der Waals surface area contributed by atoms with Crippen molar-refractivity contribution in [3.05, 3.63) is 58.4 Å². The van der Waals surface area contributed by atoms with Crippen molar-refractivity contribution >= 4 is 17.7 Å². The number of ketones is 1. The lowest BCUT2D eigenvalue weighted by atomic mass is 9.84. The number of aromatic nitrogens is 1. The quantitative estimate of drug-likeness (QED) is 0.558. The molecule has 1 spiro atoms. The molecule has 2 aliphatic heterocycles. The highest BCUT2D eigenvalue weighted by molar-refractivity contribution is 6.11. The van der Waals surface area contributed by atoms with Crippen LogP contribution in [0.15, 0.2) is 30.3 Å². The molecule has 0 unspecified atom stereocenters. The molecule has 174 valence electrons. The number of benzene rings is 1. The molecule has 3 amide bonds. The molecule has 7 nitrogen and oxygen atoms in total. The normalized spacial score (nSPS) is 24.8. The van der Waals surface area contributed by atoms with Crippen LogP contribution in [0.1, 0.15) is 65.0 Å². The Kier molecular flexibility index (Phi) is 5.60. The number of carbonyl (C=O) groups excluding carboxylic acids is 3. The molecular weight excluding hydrogens is 418 g/mol. The lowest BCUT2D eigenvalue weighted by Crippen LogP contribution is -2.44. The van der Waals surface area contributed by atoms with Crippen molar-refractivity contribution in [1.82, 2.24) is 14.8 Å². The van der Waals surface area contributed by atoms with Crippen molar-refractivity contribution < 1.29 is 19.1 Å². The van der Waals surface area contributed by atoms with Crippen LogP contribution < -0.4 is 5.32 Å². The van der Waals surface area contributed by atoms with E-state index in [1.165, 1.54) is 0 Å². The average Bonchev–Trinajstić information content (AvgIpc) is 3.44. The van der Waals surface area contributed by atoms with Crippen LogP contribution in [0, 0.1) is 13.8 Å². The number of amides is 3. The van der Waals surface area contributed by atoms with Gasteiger partial charge in [-0.1, -0.05) is 24.3 Å². The maximum Gasteiger partial charge on any atom is 0.325 e. The summed E-state index contributed by atoms with van der Waals surface area (Å²) >= 11 is 0. The maximum atomic E-state index is 13.6. The van der Waals surface area contributed by atoms with Gasteiger partial charge in [-0.15, -0.1) is 0 Å². The second kappa shape index (κ2) is 8.45. The molecular formula is C26H31N3O4. The van der Waals surface area contributed by atoms with E-state index in [9.17, 15) is 14.4 Å². The first-order valence-corrected chi connectivity index (χ1v) is 11.9. The first kappa shape index (κ1) is 21.9. The summed E-state index contributed by atoms with van der Waals surface area (Å²) in [5, 5.41) is 2.97. The molecule has 2 aromatic rings. The molecule has 1 N–H and O–H groups in total. The smallest absolute Gasteiger partial charge is 0.325 e. The Hall–Kier alpha value is -2.93. The highest BCUT2D eigenvalue weighted by Crippen LogP contribution is 2.39. The zero-order valence-corrected chi connectivity index (χ0v) is 19.4. The summed E-state index contributed by atoms with van der Waals surface area (Å²) in [7, 11) is 0. The predicted molar refractivity (Wildman–Crippen MR) is 123 cm³/mol. The lowest BCUT2D eigenvalue weighted by Gasteiger charge is -2.27. The van der Waals surface area contributed by atoms with Crippen molar-refractivity contribution in [3.8, 4) is 0 Å². The van der Waals surface area contributed by atoms with Gasteiger partial charge in [0.2, 0.25) is 0 Å². The second-order valence-electron chi connectivity index (χ2n) is 9.54. The highest BCUT2D eigenvalue weighted by atomic mass is 16.5. The zero-order valence-electron chi connectivity index (χ0n) is 19.4. The van der Waals surface area contributed by atoms with Gasteiger partial charge in [0.25, 0.3) is 5.91 Å². The number of hydrogen-bond acceptors (Lipinski definition) is 4. The van der Waals surface area contributed by atoms with E-state index in [1.807, 2.05) is 44.2 Å². The molecule has 3 aliphatic rings. The molecule has 0 radical (unpaired) electrons. The van der Waals surface area contributed by atoms with E-state index in [0.29, 0.717) is 18.5 Å². The van der Waals surface area contributed by atoms with E-state index >= 15 is 0 Å². The van der Waals surface area contributed by atoms with E-state index in [-0.39, 0.29) is 24.3 Å². The number of carbonyl (C=O) groups is 3. The van der Waals surface area contributed by atoms with Crippen LogP contribution >= 0.6 is 0 Å². The van der Waals surface area contributed by atoms with Crippen molar-refractivity contribution in [1.29, 1.82) is 0 Å². The van der Waals surface area contributed by atoms with Gasteiger partial charge in [0, 0.05) is 30.1 Å². The summed E-state index contributed by atoms with van der Waals surface area (Å²) in [5.74, 6) is -0.535. The molecule has 7 heteroatoms. The van der Waals surface area contributed by atoms with Gasteiger partial charge in [0.15, 0.2) is 5.78 Å². The molecule has 0 saturated carbocycles. The third-order valence-corrected chi connectivity index (χ3v) is 7.49. The Morgan fingerprint density at radius 1 is 1.18 bits per heavy atom. The fourth-order valence-corrected chi connectivity index (χ4v) is 5.70. The van der Waals surface area contributed by atoms with Gasteiger partial charge < -0.3 is 14.6 Å². The van der Waals surface area contributed by atoms with Crippen LogP contribution in [0.4, 0.5) is 4.79 Å². The standard InChI is InChI=1S/C26H31N3O4/c1-17-14-21(18(2)28(17)15-20-10-7-13-33-20)23(30)16-29-24(31)26(27-25(29)32)12-6-5-9-19-8-3-4-11-22(19)26/h3-4,8,11,14,20H,5-7,9-10,12-13,15-16H2,1-2H3,(H,27,32)/t20-,26+/m0/s1. The molecule has 1 aromatic heterocycles. The van der Waals surface area contributed by atoms with Gasteiger partial charge in [-0.25, -0.2) is 4.79 Å². The molecule has 1 aromatic carbocycles. The molecule has 2 saturated heterocycles. The number of nitrogens with one attached hydrogen (secondary N) is 1. The summed E-state index contributed by atoms with van der Waals surface area (Å²) in [6.45, 7) is 5.15. The number of hydrogen-bond donors (Lipinski definition) is 1. The number of rotatable bonds is 5. The first-order valence-electron chi connectivity index (χ1n) is 11.9. The average molecular weight is 450 g/mol. The Balaban J connectivity index is 1.39. The van der Waals surface area contributed by atoms with E-state index in [0.717, 1.165) is 66.1 Å². The molecule has 1 aliphatic carbocycles. The molecule has 2 fully saturated rings. The Bertz CT molecular complexity index is 1110. The summed E-state index contributed by atoms with van der Waals surface area (Å²) in [4.78, 5) is 41.0.